The third-order valence-corrected chi connectivity index (χ3v) is 4.39. The predicted octanol–water partition coefficient (Wildman–Crippen LogP) is 5.05. The topological polar surface area (TPSA) is 75.3 Å². The van der Waals surface area contributed by atoms with Gasteiger partial charge in [-0.05, 0) is 55.5 Å². The van der Waals surface area contributed by atoms with Crippen LogP contribution in [0.1, 0.15) is 38.0 Å². The maximum atomic E-state index is 12.4. The molecule has 0 fully saturated rings. The van der Waals surface area contributed by atoms with Gasteiger partial charge in [0, 0.05) is 22.4 Å². The second kappa shape index (κ2) is 8.50. The predicted molar refractivity (Wildman–Crippen MR) is 110 cm³/mol. The van der Waals surface area contributed by atoms with Crippen LogP contribution in [-0.4, -0.2) is 17.6 Å². The average Bonchev–Trinajstić information content (AvgIpc) is 2.70. The van der Waals surface area contributed by atoms with E-state index in [2.05, 4.69) is 10.6 Å². The number of ketones is 1. The summed E-state index contributed by atoms with van der Waals surface area (Å²) in [5.74, 6) is -0.738. The van der Waals surface area contributed by atoms with Gasteiger partial charge in [0.05, 0.1) is 10.7 Å². The lowest BCUT2D eigenvalue weighted by atomic mass is 10.1. The van der Waals surface area contributed by atoms with E-state index in [0.717, 1.165) is 0 Å². The number of hydrogen-bond donors (Lipinski definition) is 2. The number of hydrogen-bond acceptors (Lipinski definition) is 3. The van der Waals surface area contributed by atoms with E-state index < -0.39 is 0 Å². The van der Waals surface area contributed by atoms with E-state index in [4.69, 9.17) is 11.6 Å². The highest BCUT2D eigenvalue weighted by molar-refractivity contribution is 6.33. The summed E-state index contributed by atoms with van der Waals surface area (Å²) >= 11 is 6.04. The summed E-state index contributed by atoms with van der Waals surface area (Å²) < 4.78 is 0. The maximum Gasteiger partial charge on any atom is 0.255 e. The van der Waals surface area contributed by atoms with Gasteiger partial charge in [0.25, 0.3) is 11.8 Å². The first-order chi connectivity index (χ1) is 13.4. The highest BCUT2D eigenvalue weighted by atomic mass is 35.5. The Labute approximate surface area is 167 Å². The smallest absolute Gasteiger partial charge is 0.255 e. The molecule has 0 unspecified atom stereocenters. The largest absolute Gasteiger partial charge is 0.322 e. The van der Waals surface area contributed by atoms with Gasteiger partial charge in [-0.2, -0.15) is 0 Å². The Morgan fingerprint density at radius 3 is 1.93 bits per heavy atom. The molecular formula is C22H17ClN2O3. The molecule has 0 atom stereocenters. The van der Waals surface area contributed by atoms with Crippen LogP contribution < -0.4 is 10.6 Å². The quantitative estimate of drug-likeness (QED) is 0.597. The molecule has 0 aliphatic rings. The number of halogens is 1. The van der Waals surface area contributed by atoms with Gasteiger partial charge in [0.1, 0.15) is 0 Å². The second-order valence-electron chi connectivity index (χ2n) is 6.10. The van der Waals surface area contributed by atoms with Crippen LogP contribution in [0, 0.1) is 0 Å². The zero-order valence-electron chi connectivity index (χ0n) is 15.0. The van der Waals surface area contributed by atoms with Crippen LogP contribution >= 0.6 is 11.6 Å². The summed E-state index contributed by atoms with van der Waals surface area (Å²) in [6.45, 7) is 1.47. The zero-order chi connectivity index (χ0) is 20.1. The number of para-hydroxylation sites is 1. The second-order valence-corrected chi connectivity index (χ2v) is 6.51. The number of amides is 2. The zero-order valence-corrected chi connectivity index (χ0v) is 15.8. The van der Waals surface area contributed by atoms with Crippen LogP contribution in [-0.2, 0) is 0 Å². The number of Topliss-reactive ketones (excluding diaryl/α,β-unsaturated/α-hetero) is 1. The van der Waals surface area contributed by atoms with Crippen molar-refractivity contribution >= 4 is 40.6 Å². The van der Waals surface area contributed by atoms with Crippen LogP contribution in [0.5, 0.6) is 0 Å². The molecule has 2 N–H and O–H groups in total. The molecule has 28 heavy (non-hydrogen) atoms. The van der Waals surface area contributed by atoms with Gasteiger partial charge in [0.2, 0.25) is 0 Å². The maximum absolute atomic E-state index is 12.4. The molecule has 0 radical (unpaired) electrons. The Morgan fingerprint density at radius 2 is 1.32 bits per heavy atom. The number of benzene rings is 3. The van der Waals surface area contributed by atoms with Gasteiger partial charge in [-0.15, -0.1) is 0 Å². The number of nitrogens with one attached hydrogen (secondary N) is 2. The van der Waals surface area contributed by atoms with E-state index in [0.29, 0.717) is 33.1 Å². The molecule has 3 rings (SSSR count). The minimum Gasteiger partial charge on any atom is -0.322 e. The third-order valence-electron chi connectivity index (χ3n) is 4.06. The van der Waals surface area contributed by atoms with E-state index in [1.807, 2.05) is 0 Å². The molecule has 2 amide bonds. The van der Waals surface area contributed by atoms with Gasteiger partial charge in [-0.1, -0.05) is 35.9 Å². The van der Waals surface area contributed by atoms with Crippen molar-refractivity contribution in [1.29, 1.82) is 0 Å². The number of carbonyl (C=O) groups is 3. The number of carbonyl (C=O) groups excluding carboxylic acids is 3. The summed E-state index contributed by atoms with van der Waals surface area (Å²) in [6.07, 6.45) is 0. The van der Waals surface area contributed by atoms with E-state index in [1.165, 1.54) is 6.92 Å². The van der Waals surface area contributed by atoms with Crippen molar-refractivity contribution in [2.24, 2.45) is 0 Å². The lowest BCUT2D eigenvalue weighted by Crippen LogP contribution is -2.14. The van der Waals surface area contributed by atoms with Crippen molar-refractivity contribution in [2.45, 2.75) is 6.92 Å². The minimum absolute atomic E-state index is 0.0787. The van der Waals surface area contributed by atoms with Gasteiger partial charge < -0.3 is 10.6 Å². The summed E-state index contributed by atoms with van der Waals surface area (Å²) in [6, 6.07) is 19.9. The molecule has 3 aromatic carbocycles. The van der Waals surface area contributed by atoms with Crippen molar-refractivity contribution in [1.82, 2.24) is 0 Å². The van der Waals surface area contributed by atoms with Gasteiger partial charge in [0.15, 0.2) is 5.78 Å². The molecule has 140 valence electrons. The van der Waals surface area contributed by atoms with Crippen molar-refractivity contribution in [3.05, 3.63) is 94.5 Å². The molecule has 0 aromatic heterocycles. The number of rotatable bonds is 5. The molecule has 0 aliphatic heterocycles. The van der Waals surface area contributed by atoms with Crippen LogP contribution in [0.2, 0.25) is 5.02 Å². The SMILES string of the molecule is CC(=O)c1cccc(NC(=O)c2ccc(C(=O)Nc3ccccc3Cl)cc2)c1. The van der Waals surface area contributed by atoms with Crippen molar-refractivity contribution in [3.8, 4) is 0 Å². The Morgan fingerprint density at radius 1 is 0.714 bits per heavy atom. The molecule has 5 nitrogen and oxygen atoms in total. The molecule has 0 aliphatic carbocycles. The Kier molecular flexibility index (Phi) is 5.87. The lowest BCUT2D eigenvalue weighted by Gasteiger charge is -2.09. The molecule has 0 saturated heterocycles. The fourth-order valence-corrected chi connectivity index (χ4v) is 2.73. The van der Waals surface area contributed by atoms with E-state index in [-0.39, 0.29) is 17.6 Å². The first kappa shape index (κ1) is 19.3. The normalized spacial score (nSPS) is 10.2. The molecule has 3 aromatic rings. The molecular weight excluding hydrogens is 376 g/mol. The van der Waals surface area contributed by atoms with E-state index in [1.54, 1.807) is 72.8 Å². The lowest BCUT2D eigenvalue weighted by molar-refractivity contribution is 0.101. The third kappa shape index (κ3) is 4.64. The molecule has 0 spiro atoms. The fourth-order valence-electron chi connectivity index (χ4n) is 2.55. The van der Waals surface area contributed by atoms with Crippen LogP contribution in [0.3, 0.4) is 0 Å². The first-order valence-corrected chi connectivity index (χ1v) is 8.90. The van der Waals surface area contributed by atoms with Gasteiger partial charge >= 0.3 is 0 Å². The highest BCUT2D eigenvalue weighted by Gasteiger charge is 2.11. The van der Waals surface area contributed by atoms with Crippen molar-refractivity contribution in [2.75, 3.05) is 10.6 Å². The van der Waals surface area contributed by atoms with Crippen LogP contribution in [0.4, 0.5) is 11.4 Å². The van der Waals surface area contributed by atoms with E-state index in [9.17, 15) is 14.4 Å². The van der Waals surface area contributed by atoms with Crippen LogP contribution in [0.25, 0.3) is 0 Å². The Balaban J connectivity index is 1.69. The monoisotopic (exact) mass is 392 g/mol. The molecule has 0 bridgehead atoms. The Hall–Kier alpha value is -3.44. The summed E-state index contributed by atoms with van der Waals surface area (Å²) in [4.78, 5) is 36.2. The minimum atomic E-state index is -0.334. The summed E-state index contributed by atoms with van der Waals surface area (Å²) in [7, 11) is 0. The van der Waals surface area contributed by atoms with Crippen molar-refractivity contribution in [3.63, 3.8) is 0 Å². The summed E-state index contributed by atoms with van der Waals surface area (Å²) in [5, 5.41) is 5.91. The molecule has 6 heteroatoms. The fraction of sp³-hybridized carbons (Fsp3) is 0.0455. The van der Waals surface area contributed by atoms with Gasteiger partial charge in [-0.3, -0.25) is 14.4 Å². The molecule has 0 saturated carbocycles. The van der Waals surface area contributed by atoms with Crippen molar-refractivity contribution < 1.29 is 14.4 Å². The standard InChI is InChI=1S/C22H17ClN2O3/c1-14(26)17-5-4-6-18(13-17)24-21(27)15-9-11-16(12-10-15)22(28)25-20-8-3-2-7-19(20)23/h2-13H,1H3,(H,24,27)(H,25,28). The summed E-state index contributed by atoms with van der Waals surface area (Å²) in [5.41, 5.74) is 2.35. The highest BCUT2D eigenvalue weighted by Crippen LogP contribution is 2.21. The average molecular weight is 393 g/mol. The molecule has 0 heterocycles. The van der Waals surface area contributed by atoms with E-state index >= 15 is 0 Å². The van der Waals surface area contributed by atoms with Gasteiger partial charge in [-0.25, -0.2) is 0 Å². The Bertz CT molecular complexity index is 1050. The first-order valence-electron chi connectivity index (χ1n) is 8.52. The van der Waals surface area contributed by atoms with Crippen LogP contribution in [0.15, 0.2) is 72.8 Å². The number of anilines is 2.